The van der Waals surface area contributed by atoms with Gasteiger partial charge in [0.1, 0.15) is 5.82 Å². The maximum atomic E-state index is 13.1. The van der Waals surface area contributed by atoms with Crippen LogP contribution in [0.25, 0.3) is 0 Å². The Hall–Kier alpha value is -1.58. The number of carbonyl (C=O) groups excluding carboxylic acids is 1. The number of rotatable bonds is 0. The van der Waals surface area contributed by atoms with E-state index in [1.54, 1.807) is 13.1 Å². The second-order valence-electron chi connectivity index (χ2n) is 3.84. The lowest BCUT2D eigenvalue weighted by atomic mass is 10.1. The number of amides is 1. The largest absolute Gasteiger partial charge is 0.383 e. The molecule has 1 atom stereocenters. The molecule has 1 heterocycles. The fraction of sp³-hybridized carbons (Fsp3) is 0.364. The van der Waals surface area contributed by atoms with Crippen LogP contribution >= 0.6 is 0 Å². The molecule has 0 aliphatic carbocycles. The van der Waals surface area contributed by atoms with E-state index in [2.05, 4.69) is 5.32 Å². The maximum absolute atomic E-state index is 13.1. The molecule has 80 valence electrons. The van der Waals surface area contributed by atoms with Crippen molar-refractivity contribution in [3.05, 3.63) is 24.0 Å². The Morgan fingerprint density at radius 3 is 3.00 bits per heavy atom. The van der Waals surface area contributed by atoms with E-state index in [1.807, 2.05) is 6.92 Å². The quantitative estimate of drug-likeness (QED) is 0.705. The summed E-state index contributed by atoms with van der Waals surface area (Å²) in [7, 11) is 1.67. The van der Waals surface area contributed by atoms with Crippen LogP contribution in [0.3, 0.4) is 0 Å². The molecule has 1 aliphatic rings. The SMILES string of the molecule is CC1CNc2ccc(F)cc2N(C)C1=O. The first kappa shape index (κ1) is 9.96. The molecule has 1 aliphatic heterocycles. The van der Waals surface area contributed by atoms with Crippen molar-refractivity contribution in [2.75, 3.05) is 23.8 Å². The smallest absolute Gasteiger partial charge is 0.231 e. The van der Waals surface area contributed by atoms with E-state index in [0.29, 0.717) is 12.2 Å². The fourth-order valence-electron chi connectivity index (χ4n) is 1.73. The van der Waals surface area contributed by atoms with Crippen LogP contribution in [-0.4, -0.2) is 19.5 Å². The number of nitrogens with zero attached hydrogens (tertiary/aromatic N) is 1. The average molecular weight is 208 g/mol. The van der Waals surface area contributed by atoms with Crippen molar-refractivity contribution in [3.8, 4) is 0 Å². The van der Waals surface area contributed by atoms with Gasteiger partial charge in [0, 0.05) is 13.6 Å². The highest BCUT2D eigenvalue weighted by Gasteiger charge is 2.24. The molecule has 0 spiro atoms. The van der Waals surface area contributed by atoms with Gasteiger partial charge in [-0.05, 0) is 18.2 Å². The Kier molecular flexibility index (Phi) is 2.34. The molecular weight excluding hydrogens is 195 g/mol. The fourth-order valence-corrected chi connectivity index (χ4v) is 1.73. The van der Waals surface area contributed by atoms with E-state index < -0.39 is 0 Å². The van der Waals surface area contributed by atoms with Crippen molar-refractivity contribution in [1.82, 2.24) is 0 Å². The molecule has 3 nitrogen and oxygen atoms in total. The minimum Gasteiger partial charge on any atom is -0.383 e. The van der Waals surface area contributed by atoms with Gasteiger partial charge in [0.2, 0.25) is 5.91 Å². The number of hydrogen-bond acceptors (Lipinski definition) is 2. The number of carbonyl (C=O) groups is 1. The minimum atomic E-state index is -0.329. The molecule has 0 aromatic heterocycles. The third kappa shape index (κ3) is 1.67. The van der Waals surface area contributed by atoms with Crippen LogP contribution in [-0.2, 0) is 4.79 Å². The lowest BCUT2D eigenvalue weighted by molar-refractivity contribution is -0.121. The monoisotopic (exact) mass is 208 g/mol. The topological polar surface area (TPSA) is 32.3 Å². The highest BCUT2D eigenvalue weighted by molar-refractivity contribution is 5.99. The van der Waals surface area contributed by atoms with Gasteiger partial charge in [0.05, 0.1) is 17.3 Å². The molecule has 0 saturated carbocycles. The number of hydrogen-bond donors (Lipinski definition) is 1. The Balaban J connectivity index is 2.48. The summed E-state index contributed by atoms with van der Waals surface area (Å²) in [5, 5.41) is 3.13. The van der Waals surface area contributed by atoms with Gasteiger partial charge in [-0.15, -0.1) is 0 Å². The predicted octanol–water partition coefficient (Wildman–Crippen LogP) is 1.85. The third-order valence-corrected chi connectivity index (χ3v) is 2.67. The second-order valence-corrected chi connectivity index (χ2v) is 3.84. The average Bonchev–Trinajstić information content (AvgIpc) is 2.32. The molecule has 0 bridgehead atoms. The van der Waals surface area contributed by atoms with Crippen LogP contribution in [0.1, 0.15) is 6.92 Å². The van der Waals surface area contributed by atoms with Crippen LogP contribution in [0.5, 0.6) is 0 Å². The van der Waals surface area contributed by atoms with Gasteiger partial charge in [-0.3, -0.25) is 4.79 Å². The molecule has 2 rings (SSSR count). The van der Waals surface area contributed by atoms with Crippen LogP contribution < -0.4 is 10.2 Å². The van der Waals surface area contributed by atoms with Gasteiger partial charge in [0.25, 0.3) is 0 Å². The van der Waals surface area contributed by atoms with Gasteiger partial charge in [-0.1, -0.05) is 6.92 Å². The Morgan fingerprint density at radius 1 is 1.53 bits per heavy atom. The summed E-state index contributed by atoms with van der Waals surface area (Å²) in [4.78, 5) is 13.3. The molecule has 0 fully saturated rings. The van der Waals surface area contributed by atoms with Crippen LogP contribution in [0.15, 0.2) is 18.2 Å². The summed E-state index contributed by atoms with van der Waals surface area (Å²) in [6, 6.07) is 4.42. The van der Waals surface area contributed by atoms with E-state index in [1.165, 1.54) is 17.0 Å². The number of fused-ring (bicyclic) bond motifs is 1. The van der Waals surface area contributed by atoms with Crippen molar-refractivity contribution in [1.29, 1.82) is 0 Å². The van der Waals surface area contributed by atoms with Gasteiger partial charge < -0.3 is 10.2 Å². The van der Waals surface area contributed by atoms with Crippen LogP contribution in [0.2, 0.25) is 0 Å². The normalized spacial score (nSPS) is 20.6. The molecule has 1 N–H and O–H groups in total. The highest BCUT2D eigenvalue weighted by atomic mass is 19.1. The zero-order valence-corrected chi connectivity index (χ0v) is 8.75. The van der Waals surface area contributed by atoms with Gasteiger partial charge in [-0.25, -0.2) is 4.39 Å². The van der Waals surface area contributed by atoms with Crippen molar-refractivity contribution in [3.63, 3.8) is 0 Å². The zero-order valence-electron chi connectivity index (χ0n) is 8.75. The van der Waals surface area contributed by atoms with E-state index in [-0.39, 0.29) is 17.6 Å². The molecule has 1 amide bonds. The first-order valence-electron chi connectivity index (χ1n) is 4.90. The summed E-state index contributed by atoms with van der Waals surface area (Å²) in [6.07, 6.45) is 0. The minimum absolute atomic E-state index is 0.00634. The molecule has 0 radical (unpaired) electrons. The Bertz CT molecular complexity index is 406. The molecule has 4 heteroatoms. The Labute approximate surface area is 87.9 Å². The molecule has 0 saturated heterocycles. The third-order valence-electron chi connectivity index (χ3n) is 2.67. The number of benzene rings is 1. The maximum Gasteiger partial charge on any atom is 0.231 e. The van der Waals surface area contributed by atoms with E-state index in [0.717, 1.165) is 5.69 Å². The molecule has 1 aromatic rings. The van der Waals surface area contributed by atoms with Crippen molar-refractivity contribution >= 4 is 17.3 Å². The number of halogens is 1. The summed E-state index contributed by atoms with van der Waals surface area (Å²) in [5.74, 6) is -0.415. The summed E-state index contributed by atoms with van der Waals surface area (Å²) < 4.78 is 13.1. The van der Waals surface area contributed by atoms with E-state index in [4.69, 9.17) is 0 Å². The van der Waals surface area contributed by atoms with E-state index >= 15 is 0 Å². The Morgan fingerprint density at radius 2 is 2.27 bits per heavy atom. The lowest BCUT2D eigenvalue weighted by Gasteiger charge is -2.18. The summed E-state index contributed by atoms with van der Waals surface area (Å²) in [5.41, 5.74) is 1.40. The van der Waals surface area contributed by atoms with Crippen LogP contribution in [0, 0.1) is 11.7 Å². The van der Waals surface area contributed by atoms with Crippen LogP contribution in [0.4, 0.5) is 15.8 Å². The first-order valence-corrected chi connectivity index (χ1v) is 4.90. The van der Waals surface area contributed by atoms with Gasteiger partial charge >= 0.3 is 0 Å². The summed E-state index contributed by atoms with van der Waals surface area (Å²) >= 11 is 0. The first-order chi connectivity index (χ1) is 7.09. The number of anilines is 2. The van der Waals surface area contributed by atoms with Crippen molar-refractivity contribution in [2.24, 2.45) is 5.92 Å². The standard InChI is InChI=1S/C11H13FN2O/c1-7-6-13-9-4-3-8(12)5-10(9)14(2)11(7)15/h3-5,7,13H,6H2,1-2H3. The van der Waals surface area contributed by atoms with Gasteiger partial charge in [0.15, 0.2) is 0 Å². The molecular formula is C11H13FN2O. The van der Waals surface area contributed by atoms with Crippen molar-refractivity contribution in [2.45, 2.75) is 6.92 Å². The van der Waals surface area contributed by atoms with Gasteiger partial charge in [-0.2, -0.15) is 0 Å². The number of nitrogens with one attached hydrogen (secondary N) is 1. The predicted molar refractivity (Wildman–Crippen MR) is 57.5 cm³/mol. The second kappa shape index (κ2) is 3.53. The summed E-state index contributed by atoms with van der Waals surface area (Å²) in [6.45, 7) is 2.44. The molecule has 1 aromatic carbocycles. The van der Waals surface area contributed by atoms with E-state index in [9.17, 15) is 9.18 Å². The lowest BCUT2D eigenvalue weighted by Crippen LogP contribution is -2.31. The molecule has 15 heavy (non-hydrogen) atoms. The zero-order chi connectivity index (χ0) is 11.0. The van der Waals surface area contributed by atoms with Crippen molar-refractivity contribution < 1.29 is 9.18 Å². The molecule has 1 unspecified atom stereocenters. The highest BCUT2D eigenvalue weighted by Crippen LogP contribution is 2.29.